The number of hydrogen-bond acceptors (Lipinski definition) is 3. The molecule has 0 aliphatic heterocycles. The van der Waals surface area contributed by atoms with Crippen molar-refractivity contribution in [3.8, 4) is 0 Å². The van der Waals surface area contributed by atoms with E-state index in [2.05, 4.69) is 45.3 Å². The molecule has 1 heterocycles. The maximum atomic E-state index is 11.2. The zero-order chi connectivity index (χ0) is 11.1. The lowest BCUT2D eigenvalue weighted by atomic mass is 10.1. The van der Waals surface area contributed by atoms with E-state index >= 15 is 0 Å². The van der Waals surface area contributed by atoms with Crippen LogP contribution in [0, 0.1) is 11.3 Å². The average Bonchev–Trinajstić information content (AvgIpc) is 2.77. The lowest BCUT2D eigenvalue weighted by Gasteiger charge is -2.07. The van der Waals surface area contributed by atoms with Gasteiger partial charge in [-0.2, -0.15) is 5.10 Å². The van der Waals surface area contributed by atoms with E-state index in [0.717, 1.165) is 12.2 Å². The fourth-order valence-electron chi connectivity index (χ4n) is 1.66. The Morgan fingerprint density at radius 2 is 2.40 bits per heavy atom. The van der Waals surface area contributed by atoms with Crippen LogP contribution < -0.4 is 10.9 Å². The Bertz CT molecular complexity index is 427. The van der Waals surface area contributed by atoms with Crippen molar-refractivity contribution in [2.75, 3.05) is 11.9 Å². The first-order chi connectivity index (χ1) is 7.00. The Labute approximate surface area is 96.6 Å². The summed E-state index contributed by atoms with van der Waals surface area (Å²) >= 11 is 3.23. The predicted molar refractivity (Wildman–Crippen MR) is 62.9 cm³/mol. The van der Waals surface area contributed by atoms with Crippen LogP contribution in [0.5, 0.6) is 0 Å². The molecule has 2 N–H and O–H groups in total. The number of rotatable bonds is 3. The van der Waals surface area contributed by atoms with Crippen LogP contribution in [0.3, 0.4) is 0 Å². The van der Waals surface area contributed by atoms with E-state index in [1.807, 2.05) is 0 Å². The summed E-state index contributed by atoms with van der Waals surface area (Å²) in [6.45, 7) is 5.41. The maximum absolute atomic E-state index is 11.2. The van der Waals surface area contributed by atoms with Gasteiger partial charge in [0.25, 0.3) is 5.56 Å². The molecule has 1 saturated carbocycles. The molecule has 1 aliphatic carbocycles. The summed E-state index contributed by atoms with van der Waals surface area (Å²) in [4.78, 5) is 11.2. The number of hydrogen-bond donors (Lipinski definition) is 2. The van der Waals surface area contributed by atoms with Crippen molar-refractivity contribution in [3.05, 3.63) is 21.0 Å². The predicted octanol–water partition coefficient (Wildman–Crippen LogP) is 1.99. The largest absolute Gasteiger partial charge is 0.382 e. The molecule has 1 fully saturated rings. The van der Waals surface area contributed by atoms with Gasteiger partial charge in [0.15, 0.2) is 0 Å². The molecule has 0 bridgehead atoms. The van der Waals surface area contributed by atoms with Crippen molar-refractivity contribution in [2.45, 2.75) is 20.3 Å². The first-order valence-corrected chi connectivity index (χ1v) is 5.77. The summed E-state index contributed by atoms with van der Waals surface area (Å²) in [5, 5.41) is 9.36. The molecule has 0 spiro atoms. The monoisotopic (exact) mass is 271 g/mol. The zero-order valence-electron chi connectivity index (χ0n) is 8.80. The first-order valence-electron chi connectivity index (χ1n) is 4.98. The molecule has 0 aromatic carbocycles. The normalized spacial score (nSPS) is 22.5. The summed E-state index contributed by atoms with van der Waals surface area (Å²) in [6.07, 6.45) is 2.87. The van der Waals surface area contributed by atoms with Gasteiger partial charge >= 0.3 is 0 Å². The SMILES string of the molecule is CC1(C)CC1CNc1cn[nH]c(=O)c1Br. The molecule has 1 aromatic heterocycles. The van der Waals surface area contributed by atoms with Crippen LogP contribution in [0.25, 0.3) is 0 Å². The van der Waals surface area contributed by atoms with E-state index < -0.39 is 0 Å². The van der Waals surface area contributed by atoms with Crippen molar-refractivity contribution in [3.63, 3.8) is 0 Å². The van der Waals surface area contributed by atoms with Gasteiger partial charge in [-0.15, -0.1) is 0 Å². The summed E-state index contributed by atoms with van der Waals surface area (Å²) in [7, 11) is 0. The molecule has 15 heavy (non-hydrogen) atoms. The number of halogens is 1. The second kappa shape index (κ2) is 3.63. The molecule has 1 aromatic rings. The second-order valence-corrected chi connectivity index (χ2v) is 5.49. The minimum atomic E-state index is -0.199. The Balaban J connectivity index is 2.00. The molecule has 1 atom stereocenters. The molecule has 0 amide bonds. The fraction of sp³-hybridized carbons (Fsp3) is 0.600. The Hall–Kier alpha value is -0.840. The number of aromatic nitrogens is 2. The highest BCUT2D eigenvalue weighted by atomic mass is 79.9. The van der Waals surface area contributed by atoms with E-state index in [1.54, 1.807) is 6.20 Å². The number of nitrogens with zero attached hydrogens (tertiary/aromatic N) is 1. The molecule has 0 saturated heterocycles. The van der Waals surface area contributed by atoms with Crippen LogP contribution in [-0.2, 0) is 0 Å². The highest BCUT2D eigenvalue weighted by molar-refractivity contribution is 9.10. The van der Waals surface area contributed by atoms with Gasteiger partial charge < -0.3 is 5.32 Å². The number of aromatic amines is 1. The van der Waals surface area contributed by atoms with Crippen LogP contribution >= 0.6 is 15.9 Å². The van der Waals surface area contributed by atoms with E-state index in [0.29, 0.717) is 15.8 Å². The third-order valence-corrected chi connectivity index (χ3v) is 3.84. The van der Waals surface area contributed by atoms with Crippen LogP contribution in [0.2, 0.25) is 0 Å². The highest BCUT2D eigenvalue weighted by Crippen LogP contribution is 2.51. The molecule has 5 heteroatoms. The van der Waals surface area contributed by atoms with Gasteiger partial charge in [-0.3, -0.25) is 4.79 Å². The summed E-state index contributed by atoms with van der Waals surface area (Å²) < 4.78 is 0.524. The van der Waals surface area contributed by atoms with Crippen molar-refractivity contribution in [1.82, 2.24) is 10.2 Å². The third kappa shape index (κ3) is 2.22. The Morgan fingerprint density at radius 1 is 1.73 bits per heavy atom. The van der Waals surface area contributed by atoms with Crippen LogP contribution in [0.1, 0.15) is 20.3 Å². The molecular weight excluding hydrogens is 258 g/mol. The minimum absolute atomic E-state index is 0.199. The van der Waals surface area contributed by atoms with Crippen LogP contribution in [-0.4, -0.2) is 16.7 Å². The Kier molecular flexibility index (Phi) is 2.58. The standard InChI is InChI=1S/C10H14BrN3O/c1-10(2)3-6(10)4-12-7-5-13-14-9(15)8(7)11/h5-6H,3-4H2,1-2H3,(H2,12,14,15). The lowest BCUT2D eigenvalue weighted by Crippen LogP contribution is -2.14. The van der Waals surface area contributed by atoms with E-state index in [-0.39, 0.29) is 5.56 Å². The van der Waals surface area contributed by atoms with Crippen molar-refractivity contribution in [2.24, 2.45) is 11.3 Å². The van der Waals surface area contributed by atoms with Gasteiger partial charge in [-0.25, -0.2) is 5.10 Å². The fourth-order valence-corrected chi connectivity index (χ4v) is 2.00. The minimum Gasteiger partial charge on any atom is -0.382 e. The van der Waals surface area contributed by atoms with Gasteiger partial charge in [0, 0.05) is 6.54 Å². The molecule has 1 unspecified atom stereocenters. The zero-order valence-corrected chi connectivity index (χ0v) is 10.4. The average molecular weight is 272 g/mol. The maximum Gasteiger partial charge on any atom is 0.280 e. The summed E-state index contributed by atoms with van der Waals surface area (Å²) in [5.74, 6) is 0.698. The Morgan fingerprint density at radius 3 is 3.00 bits per heavy atom. The quantitative estimate of drug-likeness (QED) is 0.884. The van der Waals surface area contributed by atoms with Crippen molar-refractivity contribution < 1.29 is 0 Å². The van der Waals surface area contributed by atoms with E-state index in [1.165, 1.54) is 6.42 Å². The molecule has 0 radical (unpaired) electrons. The van der Waals surface area contributed by atoms with Crippen molar-refractivity contribution >= 4 is 21.6 Å². The number of anilines is 1. The third-order valence-electron chi connectivity index (χ3n) is 3.05. The highest BCUT2D eigenvalue weighted by Gasteiger charge is 2.44. The molecule has 82 valence electrons. The van der Waals surface area contributed by atoms with Gasteiger partial charge in [-0.1, -0.05) is 13.8 Å². The van der Waals surface area contributed by atoms with Gasteiger partial charge in [-0.05, 0) is 33.7 Å². The summed E-state index contributed by atoms with van der Waals surface area (Å²) in [6, 6.07) is 0. The molecular formula is C10H14BrN3O. The second-order valence-electron chi connectivity index (χ2n) is 4.70. The topological polar surface area (TPSA) is 57.8 Å². The molecule has 4 nitrogen and oxygen atoms in total. The van der Waals surface area contributed by atoms with Crippen LogP contribution in [0.4, 0.5) is 5.69 Å². The molecule has 1 aliphatic rings. The number of H-pyrrole nitrogens is 1. The molecule has 2 rings (SSSR count). The van der Waals surface area contributed by atoms with E-state index in [4.69, 9.17) is 0 Å². The van der Waals surface area contributed by atoms with Crippen molar-refractivity contribution in [1.29, 1.82) is 0 Å². The van der Waals surface area contributed by atoms with E-state index in [9.17, 15) is 4.79 Å². The lowest BCUT2D eigenvalue weighted by molar-refractivity contribution is 0.573. The number of nitrogens with one attached hydrogen (secondary N) is 2. The van der Waals surface area contributed by atoms with Gasteiger partial charge in [0.1, 0.15) is 4.47 Å². The smallest absolute Gasteiger partial charge is 0.280 e. The van der Waals surface area contributed by atoms with Gasteiger partial charge in [0.2, 0.25) is 0 Å². The van der Waals surface area contributed by atoms with Gasteiger partial charge in [0.05, 0.1) is 11.9 Å². The van der Waals surface area contributed by atoms with Crippen LogP contribution in [0.15, 0.2) is 15.5 Å². The summed E-state index contributed by atoms with van der Waals surface area (Å²) in [5.41, 5.74) is 1.02. The first kappa shape index (κ1) is 10.7.